The lowest BCUT2D eigenvalue weighted by Gasteiger charge is -2.09. The molecule has 0 saturated heterocycles. The molecule has 0 bridgehead atoms. The topological polar surface area (TPSA) is 52.3 Å². The highest BCUT2D eigenvalue weighted by Crippen LogP contribution is 1.99. The zero-order valence-electron chi connectivity index (χ0n) is 10.2. The molecule has 2 atom stereocenters. The van der Waals surface area contributed by atoms with Gasteiger partial charge in [-0.1, -0.05) is 20.8 Å². The minimum atomic E-state index is -0.814. The Hall–Kier alpha value is 0.0700. The fourth-order valence-corrected chi connectivity index (χ4v) is 2.20. The van der Waals surface area contributed by atoms with Gasteiger partial charge in [0.15, 0.2) is 0 Å². The molecule has 0 spiro atoms. The van der Waals surface area contributed by atoms with E-state index in [1.807, 2.05) is 6.92 Å². The smallest absolute Gasteiger partial charge is 0.0581 e. The van der Waals surface area contributed by atoms with Crippen LogP contribution in [0.15, 0.2) is 0 Å². The van der Waals surface area contributed by atoms with Crippen molar-refractivity contribution in [3.63, 3.8) is 0 Å². The summed E-state index contributed by atoms with van der Waals surface area (Å²) in [6, 6.07) is 0.0708. The predicted molar refractivity (Wildman–Crippen MR) is 66.4 cm³/mol. The first-order valence-corrected chi connectivity index (χ1v) is 7.23. The molecule has 0 aromatic carbocycles. The van der Waals surface area contributed by atoms with Crippen LogP contribution in [0.5, 0.6) is 0 Å². The highest BCUT2D eigenvalue weighted by molar-refractivity contribution is 7.85. The van der Waals surface area contributed by atoms with Crippen molar-refractivity contribution in [2.75, 3.05) is 24.7 Å². The SMILES string of the molecule is CCC(N)CS(=O)CCOCCC(C)C. The summed E-state index contributed by atoms with van der Waals surface area (Å²) in [4.78, 5) is 0. The van der Waals surface area contributed by atoms with Gasteiger partial charge in [0.05, 0.1) is 6.61 Å². The Kier molecular flexibility index (Phi) is 9.35. The summed E-state index contributed by atoms with van der Waals surface area (Å²) >= 11 is 0. The van der Waals surface area contributed by atoms with E-state index in [1.54, 1.807) is 0 Å². The van der Waals surface area contributed by atoms with Crippen LogP contribution in [0.2, 0.25) is 0 Å². The van der Waals surface area contributed by atoms with Crippen molar-refractivity contribution >= 4 is 10.8 Å². The van der Waals surface area contributed by atoms with E-state index in [0.29, 0.717) is 24.0 Å². The molecule has 0 amide bonds. The van der Waals surface area contributed by atoms with Crippen LogP contribution in [-0.2, 0) is 15.5 Å². The van der Waals surface area contributed by atoms with Crippen molar-refractivity contribution in [1.29, 1.82) is 0 Å². The van der Waals surface area contributed by atoms with Crippen LogP contribution < -0.4 is 5.73 Å². The van der Waals surface area contributed by atoms with Crippen LogP contribution in [0.1, 0.15) is 33.6 Å². The van der Waals surface area contributed by atoms with Crippen LogP contribution in [0, 0.1) is 5.92 Å². The first-order valence-electron chi connectivity index (χ1n) is 5.74. The lowest BCUT2D eigenvalue weighted by molar-refractivity contribution is 0.138. The van der Waals surface area contributed by atoms with Gasteiger partial charge in [0.1, 0.15) is 0 Å². The highest BCUT2D eigenvalue weighted by atomic mass is 32.2. The van der Waals surface area contributed by atoms with Crippen LogP contribution in [0.3, 0.4) is 0 Å². The number of hydrogen-bond donors (Lipinski definition) is 1. The average Bonchev–Trinajstić information content (AvgIpc) is 2.16. The first-order chi connectivity index (χ1) is 7.06. The summed E-state index contributed by atoms with van der Waals surface area (Å²) in [7, 11) is -0.814. The molecule has 0 aliphatic heterocycles. The van der Waals surface area contributed by atoms with E-state index in [9.17, 15) is 4.21 Å². The molecular formula is C11H25NO2S. The van der Waals surface area contributed by atoms with Crippen molar-refractivity contribution in [2.24, 2.45) is 11.7 Å². The molecule has 0 rings (SSSR count). The van der Waals surface area contributed by atoms with E-state index in [-0.39, 0.29) is 6.04 Å². The Labute approximate surface area is 96.2 Å². The Bertz CT molecular complexity index is 174. The van der Waals surface area contributed by atoms with Gasteiger partial charge in [-0.3, -0.25) is 4.21 Å². The summed E-state index contributed by atoms with van der Waals surface area (Å²) in [6.45, 7) is 7.72. The van der Waals surface area contributed by atoms with Crippen LogP contribution >= 0.6 is 0 Å². The summed E-state index contributed by atoms with van der Waals surface area (Å²) in [5, 5.41) is 0. The quantitative estimate of drug-likeness (QED) is 0.617. The van der Waals surface area contributed by atoms with Crippen molar-refractivity contribution < 1.29 is 8.95 Å². The molecule has 92 valence electrons. The zero-order valence-corrected chi connectivity index (χ0v) is 11.0. The number of rotatable bonds is 9. The van der Waals surface area contributed by atoms with Crippen LogP contribution in [0.4, 0.5) is 0 Å². The Morgan fingerprint density at radius 2 is 2.00 bits per heavy atom. The van der Waals surface area contributed by atoms with E-state index in [4.69, 9.17) is 10.5 Å². The minimum absolute atomic E-state index is 0.0708. The van der Waals surface area contributed by atoms with Gasteiger partial charge in [-0.25, -0.2) is 0 Å². The first kappa shape index (κ1) is 15.1. The van der Waals surface area contributed by atoms with E-state index in [2.05, 4.69) is 13.8 Å². The van der Waals surface area contributed by atoms with Crippen molar-refractivity contribution in [1.82, 2.24) is 0 Å². The third kappa shape index (κ3) is 10.4. The molecular weight excluding hydrogens is 210 g/mol. The molecule has 0 heterocycles. The van der Waals surface area contributed by atoms with Crippen LogP contribution in [-0.4, -0.2) is 35.0 Å². The lowest BCUT2D eigenvalue weighted by atomic mass is 10.1. The van der Waals surface area contributed by atoms with E-state index in [0.717, 1.165) is 19.4 Å². The van der Waals surface area contributed by atoms with Gasteiger partial charge in [0.2, 0.25) is 0 Å². The number of nitrogens with two attached hydrogens (primary N) is 1. The third-order valence-electron chi connectivity index (χ3n) is 2.22. The van der Waals surface area contributed by atoms with Crippen molar-refractivity contribution in [2.45, 2.75) is 39.7 Å². The fourth-order valence-electron chi connectivity index (χ4n) is 1.01. The van der Waals surface area contributed by atoms with Crippen molar-refractivity contribution in [3.05, 3.63) is 0 Å². The van der Waals surface area contributed by atoms with Gasteiger partial charge in [0, 0.05) is 35.0 Å². The number of ether oxygens (including phenoxy) is 1. The van der Waals surface area contributed by atoms with Gasteiger partial charge >= 0.3 is 0 Å². The molecule has 0 aromatic rings. The second-order valence-corrected chi connectivity index (χ2v) is 5.90. The van der Waals surface area contributed by atoms with E-state index in [1.165, 1.54) is 0 Å². The molecule has 2 unspecified atom stereocenters. The van der Waals surface area contributed by atoms with E-state index >= 15 is 0 Å². The maximum Gasteiger partial charge on any atom is 0.0581 e. The minimum Gasteiger partial charge on any atom is -0.380 e. The molecule has 3 nitrogen and oxygen atoms in total. The Morgan fingerprint density at radius 1 is 1.33 bits per heavy atom. The molecule has 0 aliphatic rings. The van der Waals surface area contributed by atoms with Gasteiger partial charge in [-0.15, -0.1) is 0 Å². The lowest BCUT2D eigenvalue weighted by Crippen LogP contribution is -2.27. The normalized spacial score (nSPS) is 15.5. The molecule has 0 radical (unpaired) electrons. The average molecular weight is 235 g/mol. The molecule has 4 heteroatoms. The summed E-state index contributed by atoms with van der Waals surface area (Å²) < 4.78 is 16.9. The Balaban J connectivity index is 3.31. The molecule has 0 fully saturated rings. The van der Waals surface area contributed by atoms with Gasteiger partial charge in [-0.05, 0) is 18.8 Å². The second-order valence-electron chi connectivity index (χ2n) is 4.27. The fraction of sp³-hybridized carbons (Fsp3) is 1.00. The zero-order chi connectivity index (χ0) is 11.7. The summed E-state index contributed by atoms with van der Waals surface area (Å²) in [5.74, 6) is 1.89. The molecule has 15 heavy (non-hydrogen) atoms. The van der Waals surface area contributed by atoms with E-state index < -0.39 is 10.8 Å². The maximum atomic E-state index is 11.5. The van der Waals surface area contributed by atoms with Crippen LogP contribution in [0.25, 0.3) is 0 Å². The standard InChI is InChI=1S/C11H25NO2S/c1-4-11(12)9-15(13)8-7-14-6-5-10(2)3/h10-11H,4-9,12H2,1-3H3. The maximum absolute atomic E-state index is 11.5. The summed E-state index contributed by atoms with van der Waals surface area (Å²) in [6.07, 6.45) is 1.96. The largest absolute Gasteiger partial charge is 0.380 e. The van der Waals surface area contributed by atoms with Gasteiger partial charge in [-0.2, -0.15) is 0 Å². The molecule has 0 aliphatic carbocycles. The monoisotopic (exact) mass is 235 g/mol. The van der Waals surface area contributed by atoms with Gasteiger partial charge in [0.25, 0.3) is 0 Å². The van der Waals surface area contributed by atoms with Crippen molar-refractivity contribution in [3.8, 4) is 0 Å². The number of hydrogen-bond acceptors (Lipinski definition) is 3. The predicted octanol–water partition coefficient (Wildman–Crippen LogP) is 1.54. The van der Waals surface area contributed by atoms with Gasteiger partial charge < -0.3 is 10.5 Å². The Morgan fingerprint density at radius 3 is 2.53 bits per heavy atom. The molecule has 0 aromatic heterocycles. The third-order valence-corrected chi connectivity index (χ3v) is 3.64. The highest BCUT2D eigenvalue weighted by Gasteiger charge is 2.05. The molecule has 2 N–H and O–H groups in total. The molecule has 0 saturated carbocycles. The summed E-state index contributed by atoms with van der Waals surface area (Å²) in [5.41, 5.74) is 5.71. The second kappa shape index (κ2) is 9.31.